The number of aliphatic hydroxyl groups excluding tert-OH is 3. The number of aliphatic hydroxyl groups is 3. The summed E-state index contributed by atoms with van der Waals surface area (Å²) >= 11 is 1.04. The molecule has 0 amide bonds. The molecule has 1 aliphatic heterocycles. The maximum Gasteiger partial charge on any atom is 0.377 e. The van der Waals surface area contributed by atoms with Crippen LogP contribution in [0.25, 0.3) is 0 Å². The molecule has 0 aromatic heterocycles. The fourth-order valence-electron chi connectivity index (χ4n) is 1.76. The van der Waals surface area contributed by atoms with Gasteiger partial charge in [-0.25, -0.2) is 9.59 Å². The molecule has 0 radical (unpaired) electrons. The van der Waals surface area contributed by atoms with Crippen molar-refractivity contribution >= 4 is 23.7 Å². The third kappa shape index (κ3) is 3.11. The van der Waals surface area contributed by atoms with Crippen LogP contribution in [0.15, 0.2) is 40.7 Å². The van der Waals surface area contributed by atoms with Crippen molar-refractivity contribution in [2.75, 3.05) is 5.75 Å². The summed E-state index contributed by atoms with van der Waals surface area (Å²) in [6.45, 7) is 0. The Morgan fingerprint density at radius 2 is 2.00 bits per heavy atom. The van der Waals surface area contributed by atoms with Gasteiger partial charge < -0.3 is 25.2 Å². The second-order valence-corrected chi connectivity index (χ2v) is 5.30. The van der Waals surface area contributed by atoms with Crippen LogP contribution in [0.5, 0.6) is 0 Å². The van der Waals surface area contributed by atoms with Gasteiger partial charge in [0, 0.05) is 10.6 Å². The Morgan fingerprint density at radius 3 is 2.57 bits per heavy atom. The number of esters is 1. The molecule has 4 N–H and O–H groups in total. The third-order valence-corrected chi connectivity index (χ3v) is 3.99. The number of aromatic carboxylic acids is 1. The van der Waals surface area contributed by atoms with Crippen LogP contribution in [0, 0.1) is 0 Å². The predicted octanol–water partition coefficient (Wildman–Crippen LogP) is 1.09. The minimum atomic E-state index is -1.35. The number of carboxylic acid groups (broad SMARTS) is 1. The van der Waals surface area contributed by atoms with Crippen molar-refractivity contribution in [1.82, 2.24) is 0 Å². The first-order valence-electron chi connectivity index (χ1n) is 5.88. The van der Waals surface area contributed by atoms with Gasteiger partial charge in [0.1, 0.15) is 6.10 Å². The summed E-state index contributed by atoms with van der Waals surface area (Å²) < 4.78 is 4.62. The fraction of sp³-hybridized carbons (Fsp3) is 0.231. The molecule has 0 saturated carbocycles. The smallest absolute Gasteiger partial charge is 0.377 e. The Hall–Kier alpha value is -2.19. The van der Waals surface area contributed by atoms with Gasteiger partial charge in [-0.2, -0.15) is 0 Å². The molecule has 1 heterocycles. The lowest BCUT2D eigenvalue weighted by atomic mass is 10.2. The Labute approximate surface area is 123 Å². The van der Waals surface area contributed by atoms with Gasteiger partial charge >= 0.3 is 11.9 Å². The van der Waals surface area contributed by atoms with Crippen LogP contribution in [0.1, 0.15) is 10.4 Å². The van der Waals surface area contributed by atoms with Crippen LogP contribution < -0.4 is 0 Å². The number of carbonyl (C=O) groups is 2. The van der Waals surface area contributed by atoms with Gasteiger partial charge in [0.25, 0.3) is 0 Å². The van der Waals surface area contributed by atoms with Crippen LogP contribution in [-0.2, 0) is 9.53 Å². The molecule has 0 bridgehead atoms. The number of ether oxygens (including phenoxy) is 1. The van der Waals surface area contributed by atoms with Crippen LogP contribution in [-0.4, -0.2) is 50.3 Å². The number of cyclic esters (lactones) is 1. The molecule has 2 rings (SSSR count). The quantitative estimate of drug-likeness (QED) is 0.470. The fourth-order valence-corrected chi connectivity index (χ4v) is 2.77. The van der Waals surface area contributed by atoms with Crippen LogP contribution >= 0.6 is 11.8 Å². The molecule has 0 fully saturated rings. The van der Waals surface area contributed by atoms with E-state index in [1.807, 2.05) is 0 Å². The van der Waals surface area contributed by atoms with Gasteiger partial charge in [-0.3, -0.25) is 0 Å². The summed E-state index contributed by atoms with van der Waals surface area (Å²) in [4.78, 5) is 22.5. The average Bonchev–Trinajstić information content (AvgIpc) is 2.72. The lowest BCUT2D eigenvalue weighted by Crippen LogP contribution is -2.30. The summed E-state index contributed by atoms with van der Waals surface area (Å²) in [5.41, 5.74) is 0.0840. The van der Waals surface area contributed by atoms with Gasteiger partial charge in [0.2, 0.25) is 5.76 Å². The molecule has 0 spiro atoms. The summed E-state index contributed by atoms with van der Waals surface area (Å²) in [6, 6.07) is 6.24. The topological polar surface area (TPSA) is 124 Å². The predicted molar refractivity (Wildman–Crippen MR) is 72.3 cm³/mol. The highest BCUT2D eigenvalue weighted by Crippen LogP contribution is 2.27. The Morgan fingerprint density at radius 1 is 1.33 bits per heavy atom. The number of rotatable bonds is 5. The van der Waals surface area contributed by atoms with Gasteiger partial charge in [0.15, 0.2) is 11.9 Å². The van der Waals surface area contributed by atoms with Gasteiger partial charge in [-0.05, 0) is 12.1 Å². The largest absolute Gasteiger partial charge is 0.505 e. The van der Waals surface area contributed by atoms with Gasteiger partial charge in [0.05, 0.1) is 5.56 Å². The summed E-state index contributed by atoms with van der Waals surface area (Å²) in [5.74, 6) is -3.87. The number of benzene rings is 1. The first kappa shape index (κ1) is 15.2. The second-order valence-electron chi connectivity index (χ2n) is 4.24. The van der Waals surface area contributed by atoms with E-state index in [1.165, 1.54) is 6.07 Å². The number of carbonyl (C=O) groups excluding carboxylic acids is 1. The molecule has 0 aliphatic carbocycles. The summed E-state index contributed by atoms with van der Waals surface area (Å²) in [7, 11) is 0. The number of hydrogen-bond donors (Lipinski definition) is 4. The maximum atomic E-state index is 11.0. The molecule has 1 aromatic rings. The van der Waals surface area contributed by atoms with E-state index in [0.717, 1.165) is 11.8 Å². The minimum Gasteiger partial charge on any atom is -0.505 e. The Bertz CT molecular complexity index is 610. The maximum absolute atomic E-state index is 11.0. The highest BCUT2D eigenvalue weighted by molar-refractivity contribution is 7.99. The average molecular weight is 312 g/mol. The minimum absolute atomic E-state index is 0.0282. The van der Waals surface area contributed by atoms with Crippen molar-refractivity contribution in [2.24, 2.45) is 0 Å². The van der Waals surface area contributed by atoms with E-state index < -0.39 is 35.7 Å². The number of carboxylic acids is 1. The van der Waals surface area contributed by atoms with Crippen LogP contribution in [0.4, 0.5) is 0 Å². The van der Waals surface area contributed by atoms with E-state index in [1.54, 1.807) is 18.2 Å². The molecule has 7 nitrogen and oxygen atoms in total. The molecule has 1 aliphatic rings. The zero-order valence-electron chi connectivity index (χ0n) is 10.6. The number of hydrogen-bond acceptors (Lipinski definition) is 7. The van der Waals surface area contributed by atoms with Gasteiger partial charge in [-0.1, -0.05) is 12.1 Å². The lowest BCUT2D eigenvalue weighted by Gasteiger charge is -2.17. The van der Waals surface area contributed by atoms with Crippen molar-refractivity contribution in [3.05, 3.63) is 41.3 Å². The zero-order valence-corrected chi connectivity index (χ0v) is 11.4. The first-order valence-corrected chi connectivity index (χ1v) is 6.86. The van der Waals surface area contributed by atoms with E-state index in [0.29, 0.717) is 4.90 Å². The Balaban J connectivity index is 2.04. The molecular formula is C13H12O7S. The lowest BCUT2D eigenvalue weighted by molar-refractivity contribution is -0.146. The normalized spacial score (nSPS) is 19.5. The molecule has 1 aromatic carbocycles. The summed E-state index contributed by atoms with van der Waals surface area (Å²) in [5, 5.41) is 37.5. The molecule has 2 atom stereocenters. The van der Waals surface area contributed by atoms with Crippen molar-refractivity contribution in [2.45, 2.75) is 17.1 Å². The molecule has 0 saturated heterocycles. The molecule has 8 heteroatoms. The SMILES string of the molecule is O=C1OC(C(O)CSc2ccccc2C(=O)O)C(O)=C1O. The van der Waals surface area contributed by atoms with E-state index in [9.17, 15) is 19.8 Å². The van der Waals surface area contributed by atoms with E-state index in [-0.39, 0.29) is 11.3 Å². The monoisotopic (exact) mass is 312 g/mol. The van der Waals surface area contributed by atoms with E-state index in [4.69, 9.17) is 10.2 Å². The molecule has 21 heavy (non-hydrogen) atoms. The standard InChI is InChI=1S/C13H12O7S/c14-7(11-9(15)10(16)13(19)20-11)5-21-8-4-2-1-3-6(8)12(17)18/h1-4,7,11,14-16H,5H2,(H,17,18). The Kier molecular flexibility index (Phi) is 4.39. The highest BCUT2D eigenvalue weighted by Gasteiger charge is 2.39. The van der Waals surface area contributed by atoms with Crippen LogP contribution in [0.3, 0.4) is 0 Å². The second kappa shape index (κ2) is 6.06. The van der Waals surface area contributed by atoms with Crippen molar-refractivity contribution in [3.63, 3.8) is 0 Å². The van der Waals surface area contributed by atoms with E-state index >= 15 is 0 Å². The molecular weight excluding hydrogens is 300 g/mol. The van der Waals surface area contributed by atoms with Crippen molar-refractivity contribution in [1.29, 1.82) is 0 Å². The first-order chi connectivity index (χ1) is 9.91. The summed E-state index contributed by atoms with van der Waals surface area (Å²) in [6.07, 6.45) is -2.63. The third-order valence-electron chi connectivity index (χ3n) is 2.82. The highest BCUT2D eigenvalue weighted by atomic mass is 32.2. The zero-order chi connectivity index (χ0) is 15.6. The molecule has 112 valence electrons. The number of thioether (sulfide) groups is 1. The van der Waals surface area contributed by atoms with Crippen molar-refractivity contribution in [3.8, 4) is 0 Å². The van der Waals surface area contributed by atoms with Crippen molar-refractivity contribution < 1.29 is 34.8 Å². The molecule has 2 unspecified atom stereocenters. The van der Waals surface area contributed by atoms with E-state index in [2.05, 4.69) is 4.74 Å². The van der Waals surface area contributed by atoms with Crippen LogP contribution in [0.2, 0.25) is 0 Å². The van der Waals surface area contributed by atoms with Gasteiger partial charge in [-0.15, -0.1) is 11.8 Å².